The second-order valence-corrected chi connectivity index (χ2v) is 9.77. The Morgan fingerprint density at radius 1 is 1.25 bits per heavy atom. The fourth-order valence-corrected chi connectivity index (χ4v) is 6.01. The Bertz CT molecular complexity index is 1100. The summed E-state index contributed by atoms with van der Waals surface area (Å²) in [5.41, 5.74) is 1.79. The molecule has 0 saturated carbocycles. The Hall–Kier alpha value is -2.72. The Kier molecular flexibility index (Phi) is 7.35. The molecule has 0 aromatic carbocycles. The van der Waals surface area contributed by atoms with Crippen LogP contribution in [0.3, 0.4) is 0 Å². The number of hydrogen-bond acceptors (Lipinski definition) is 6. The van der Waals surface area contributed by atoms with Gasteiger partial charge in [0.15, 0.2) is 0 Å². The molecule has 2 aromatic rings. The molecule has 9 nitrogen and oxygen atoms in total. The van der Waals surface area contributed by atoms with Gasteiger partial charge in [0.1, 0.15) is 10.5 Å². The van der Waals surface area contributed by atoms with Gasteiger partial charge < -0.3 is 14.6 Å². The number of hydrogen-bond donors (Lipinski definition) is 1. The van der Waals surface area contributed by atoms with Crippen molar-refractivity contribution in [3.8, 4) is 0 Å². The molecule has 0 bridgehead atoms. The fourth-order valence-electron chi connectivity index (χ4n) is 4.00. The van der Waals surface area contributed by atoms with Crippen LogP contribution in [0, 0.1) is 19.8 Å². The molecule has 1 N–H and O–H groups in total. The lowest BCUT2D eigenvalue weighted by Gasteiger charge is -2.31. The van der Waals surface area contributed by atoms with E-state index in [0.717, 1.165) is 5.69 Å². The molecule has 2 aromatic heterocycles. The van der Waals surface area contributed by atoms with E-state index in [1.54, 1.807) is 44.6 Å². The van der Waals surface area contributed by atoms with Crippen LogP contribution in [-0.4, -0.2) is 53.8 Å². The maximum Gasteiger partial charge on any atom is 0.341 e. The number of esters is 1. The minimum atomic E-state index is -4.00. The molecule has 1 fully saturated rings. The number of aromatic nitrogens is 2. The number of piperidine rings is 1. The van der Waals surface area contributed by atoms with Gasteiger partial charge in [-0.1, -0.05) is 6.07 Å². The highest BCUT2D eigenvalue weighted by molar-refractivity contribution is 7.89. The van der Waals surface area contributed by atoms with Gasteiger partial charge >= 0.3 is 5.97 Å². The van der Waals surface area contributed by atoms with Crippen LogP contribution in [0.1, 0.15) is 47.2 Å². The van der Waals surface area contributed by atoms with Gasteiger partial charge in [-0.15, -0.1) is 0 Å². The Morgan fingerprint density at radius 2 is 2.00 bits per heavy atom. The van der Waals surface area contributed by atoms with E-state index in [1.807, 2.05) is 12.1 Å². The zero-order valence-electron chi connectivity index (χ0n) is 18.9. The Labute approximate surface area is 188 Å². The van der Waals surface area contributed by atoms with Crippen molar-refractivity contribution < 1.29 is 22.7 Å². The number of carbonyl (C=O) groups excluding carboxylic acids is 2. The Balaban J connectivity index is 1.82. The largest absolute Gasteiger partial charge is 0.462 e. The lowest BCUT2D eigenvalue weighted by Crippen LogP contribution is -2.45. The quantitative estimate of drug-likeness (QED) is 0.630. The topological polar surface area (TPSA) is 111 Å². The summed E-state index contributed by atoms with van der Waals surface area (Å²) in [5.74, 6) is -1.34. The molecule has 10 heteroatoms. The van der Waals surface area contributed by atoms with Crippen LogP contribution in [0.25, 0.3) is 0 Å². The third kappa shape index (κ3) is 4.71. The van der Waals surface area contributed by atoms with E-state index in [1.165, 1.54) is 4.31 Å². The molecule has 1 amide bonds. The monoisotopic (exact) mass is 462 g/mol. The van der Waals surface area contributed by atoms with Crippen molar-refractivity contribution in [3.63, 3.8) is 0 Å². The van der Waals surface area contributed by atoms with Crippen molar-refractivity contribution >= 4 is 21.9 Å². The Morgan fingerprint density at radius 3 is 2.66 bits per heavy atom. The van der Waals surface area contributed by atoms with Crippen LogP contribution in [0.2, 0.25) is 0 Å². The number of rotatable bonds is 7. The highest BCUT2D eigenvalue weighted by Gasteiger charge is 2.38. The van der Waals surface area contributed by atoms with Crippen LogP contribution in [0.4, 0.5) is 0 Å². The fraction of sp³-hybridized carbons (Fsp3) is 0.500. The van der Waals surface area contributed by atoms with Crippen LogP contribution in [-0.2, 0) is 33.1 Å². The van der Waals surface area contributed by atoms with Gasteiger partial charge in [-0.05, 0) is 45.7 Å². The van der Waals surface area contributed by atoms with E-state index in [2.05, 4.69) is 10.3 Å². The van der Waals surface area contributed by atoms with Gasteiger partial charge in [-0.3, -0.25) is 9.78 Å². The van der Waals surface area contributed by atoms with Gasteiger partial charge in [-0.2, -0.15) is 4.31 Å². The molecule has 0 aliphatic carbocycles. The van der Waals surface area contributed by atoms with E-state index in [0.29, 0.717) is 30.8 Å². The minimum absolute atomic E-state index is 0.0366. The standard InChI is InChI=1S/C22H30N4O5S/c1-5-31-22(28)19-15(2)25(4)16(3)20(19)32(29,30)26-12-8-9-17(14-26)21(27)24-13-18-10-6-7-11-23-18/h6-7,10-11,17H,5,8-9,12-14H2,1-4H3,(H,24,27)/t17-/m1/s1. The van der Waals surface area contributed by atoms with Crippen molar-refractivity contribution in [2.24, 2.45) is 13.0 Å². The second-order valence-electron chi connectivity index (χ2n) is 7.90. The summed E-state index contributed by atoms with van der Waals surface area (Å²) >= 11 is 0. The first kappa shape index (κ1) is 23.9. The molecule has 1 saturated heterocycles. The molecule has 1 aliphatic heterocycles. The molecule has 3 rings (SSSR count). The lowest BCUT2D eigenvalue weighted by atomic mass is 9.99. The number of nitrogens with zero attached hydrogens (tertiary/aromatic N) is 3. The normalized spacial score (nSPS) is 17.2. The van der Waals surface area contributed by atoms with Crippen molar-refractivity contribution in [1.29, 1.82) is 0 Å². The highest BCUT2D eigenvalue weighted by atomic mass is 32.2. The molecule has 174 valence electrons. The van der Waals surface area contributed by atoms with Crippen LogP contribution < -0.4 is 5.32 Å². The minimum Gasteiger partial charge on any atom is -0.462 e. The number of amides is 1. The van der Waals surface area contributed by atoms with Gasteiger partial charge in [0.05, 0.1) is 24.8 Å². The smallest absolute Gasteiger partial charge is 0.341 e. The maximum absolute atomic E-state index is 13.6. The van der Waals surface area contributed by atoms with Crippen molar-refractivity contribution in [2.45, 2.75) is 45.1 Å². The molecule has 1 atom stereocenters. The predicted octanol–water partition coefficient (Wildman–Crippen LogP) is 1.93. The summed E-state index contributed by atoms with van der Waals surface area (Å²) < 4.78 is 35.3. The predicted molar refractivity (Wildman–Crippen MR) is 118 cm³/mol. The van der Waals surface area contributed by atoms with E-state index < -0.39 is 21.9 Å². The van der Waals surface area contributed by atoms with Crippen LogP contribution in [0.5, 0.6) is 0 Å². The molecule has 0 unspecified atom stereocenters. The first-order valence-corrected chi connectivity index (χ1v) is 12.1. The SMILES string of the molecule is CCOC(=O)c1c(S(=O)(=O)N2CCC[C@@H](C(=O)NCc3ccccn3)C2)c(C)n(C)c1C. The van der Waals surface area contributed by atoms with Gasteiger partial charge in [0.2, 0.25) is 15.9 Å². The number of carbonyl (C=O) groups is 2. The van der Waals surface area contributed by atoms with Crippen molar-refractivity contribution in [2.75, 3.05) is 19.7 Å². The third-order valence-electron chi connectivity index (χ3n) is 5.93. The average Bonchev–Trinajstić information content (AvgIpc) is 3.03. The van der Waals surface area contributed by atoms with Gasteiger partial charge in [-0.25, -0.2) is 13.2 Å². The van der Waals surface area contributed by atoms with Crippen LogP contribution in [0.15, 0.2) is 29.3 Å². The number of pyridine rings is 1. The van der Waals surface area contributed by atoms with Gasteiger partial charge in [0, 0.05) is 37.7 Å². The summed E-state index contributed by atoms with van der Waals surface area (Å²) in [6.45, 7) is 5.83. The molecule has 0 spiro atoms. The van der Waals surface area contributed by atoms with E-state index >= 15 is 0 Å². The summed E-state index contributed by atoms with van der Waals surface area (Å²) in [7, 11) is -2.28. The van der Waals surface area contributed by atoms with E-state index in [4.69, 9.17) is 4.74 Å². The third-order valence-corrected chi connectivity index (χ3v) is 7.95. The maximum atomic E-state index is 13.6. The van der Waals surface area contributed by atoms with Crippen molar-refractivity contribution in [3.05, 3.63) is 47.0 Å². The first-order chi connectivity index (χ1) is 15.2. The zero-order valence-corrected chi connectivity index (χ0v) is 19.7. The van der Waals surface area contributed by atoms with Crippen molar-refractivity contribution in [1.82, 2.24) is 19.2 Å². The summed E-state index contributed by atoms with van der Waals surface area (Å²) in [6, 6.07) is 5.46. The summed E-state index contributed by atoms with van der Waals surface area (Å²) in [5, 5.41) is 2.85. The summed E-state index contributed by atoms with van der Waals surface area (Å²) in [6.07, 6.45) is 2.81. The second kappa shape index (κ2) is 9.83. The molecule has 32 heavy (non-hydrogen) atoms. The average molecular weight is 463 g/mol. The highest BCUT2D eigenvalue weighted by Crippen LogP contribution is 2.32. The number of sulfonamides is 1. The number of ether oxygens (including phenoxy) is 1. The van der Waals surface area contributed by atoms with Gasteiger partial charge in [0.25, 0.3) is 0 Å². The molecular weight excluding hydrogens is 432 g/mol. The zero-order chi connectivity index (χ0) is 23.5. The molecule has 0 radical (unpaired) electrons. The summed E-state index contributed by atoms with van der Waals surface area (Å²) in [4.78, 5) is 29.5. The molecule has 3 heterocycles. The van der Waals surface area contributed by atoms with E-state index in [9.17, 15) is 18.0 Å². The number of nitrogens with one attached hydrogen (secondary N) is 1. The molecule has 1 aliphatic rings. The molecular formula is C22H30N4O5S. The lowest BCUT2D eigenvalue weighted by molar-refractivity contribution is -0.126. The van der Waals surface area contributed by atoms with Crippen LogP contribution >= 0.6 is 0 Å². The van der Waals surface area contributed by atoms with E-state index in [-0.39, 0.29) is 36.1 Å². The first-order valence-electron chi connectivity index (χ1n) is 10.7.